The van der Waals surface area contributed by atoms with Crippen LogP contribution in [0.25, 0.3) is 11.1 Å². The van der Waals surface area contributed by atoms with Gasteiger partial charge in [0.1, 0.15) is 0 Å². The third kappa shape index (κ3) is 5.62. The summed E-state index contributed by atoms with van der Waals surface area (Å²) in [5.41, 5.74) is 18.9. The van der Waals surface area contributed by atoms with Crippen molar-refractivity contribution >= 4 is 11.1 Å². The molecule has 2 aromatic carbocycles. The van der Waals surface area contributed by atoms with Gasteiger partial charge in [0.05, 0.1) is 0 Å². The Balaban J connectivity index is 1.45. The summed E-state index contributed by atoms with van der Waals surface area (Å²) in [6.45, 7) is 24.6. The average Bonchev–Trinajstić information content (AvgIpc) is 3.56. The average molecular weight is 539 g/mol. The van der Waals surface area contributed by atoms with Gasteiger partial charge in [0.25, 0.3) is 0 Å². The van der Waals surface area contributed by atoms with Crippen LogP contribution >= 0.6 is 0 Å². The van der Waals surface area contributed by atoms with Crippen molar-refractivity contribution in [2.75, 3.05) is 0 Å². The van der Waals surface area contributed by atoms with Gasteiger partial charge >= 0.3 is 0 Å². The maximum atomic E-state index is 4.76. The molecule has 0 aromatic heterocycles. The lowest BCUT2D eigenvalue weighted by Gasteiger charge is -2.34. The van der Waals surface area contributed by atoms with E-state index in [-0.39, 0.29) is 5.92 Å². The zero-order valence-corrected chi connectivity index (χ0v) is 25.9. The molecule has 3 aliphatic carbocycles. The first kappa shape index (κ1) is 28.9. The van der Waals surface area contributed by atoms with Crippen LogP contribution in [0, 0.1) is 5.92 Å². The lowest BCUT2D eigenvalue weighted by atomic mass is 9.69. The molecule has 0 nitrogen and oxygen atoms in total. The molecule has 1 saturated carbocycles. The third-order valence-electron chi connectivity index (χ3n) is 9.32. The zero-order valence-electron chi connectivity index (χ0n) is 25.9. The van der Waals surface area contributed by atoms with E-state index in [9.17, 15) is 0 Å². The molecule has 0 heterocycles. The number of hydrogen-bond donors (Lipinski definition) is 0. The summed E-state index contributed by atoms with van der Waals surface area (Å²) in [5, 5.41) is 0. The molecule has 0 N–H and O–H groups in total. The second kappa shape index (κ2) is 12.1. The molecule has 210 valence electrons. The molecule has 0 heteroatoms. The Morgan fingerprint density at radius 3 is 2.34 bits per heavy atom. The van der Waals surface area contributed by atoms with E-state index >= 15 is 0 Å². The molecular weight excluding hydrogens is 492 g/mol. The van der Waals surface area contributed by atoms with Crippen LogP contribution in [0.5, 0.6) is 0 Å². The van der Waals surface area contributed by atoms with Crippen molar-refractivity contribution in [2.24, 2.45) is 5.92 Å². The molecular formula is C41H46. The molecule has 0 saturated heterocycles. The van der Waals surface area contributed by atoms with Crippen molar-refractivity contribution in [1.29, 1.82) is 0 Å². The Kier molecular flexibility index (Phi) is 8.50. The number of hydrogen-bond acceptors (Lipinski definition) is 0. The summed E-state index contributed by atoms with van der Waals surface area (Å²) >= 11 is 0. The van der Waals surface area contributed by atoms with Crippen LogP contribution in [0.2, 0.25) is 0 Å². The smallest absolute Gasteiger partial charge is 0.0201 e. The molecule has 2 aromatic rings. The molecule has 1 fully saturated rings. The molecule has 5 rings (SSSR count). The van der Waals surface area contributed by atoms with E-state index in [2.05, 4.69) is 115 Å². The molecule has 0 spiro atoms. The highest BCUT2D eigenvalue weighted by atomic mass is 14.4. The van der Waals surface area contributed by atoms with Crippen LogP contribution in [0.3, 0.4) is 0 Å². The van der Waals surface area contributed by atoms with Crippen LogP contribution in [0.15, 0.2) is 126 Å². The Morgan fingerprint density at radius 1 is 0.927 bits per heavy atom. The SMILES string of the molecule is C=C(CCC)C1=C(C)C=C2C/C(=C\C3=CC=C(c4cc(C(=C)C)ccc4CC)C3)C(=C)C2C1c1ccc(CC)cc1. The van der Waals surface area contributed by atoms with E-state index in [4.69, 9.17) is 6.58 Å². The van der Waals surface area contributed by atoms with Crippen molar-refractivity contribution < 1.29 is 0 Å². The summed E-state index contributed by atoms with van der Waals surface area (Å²) in [7, 11) is 0. The second-order valence-electron chi connectivity index (χ2n) is 12.2. The van der Waals surface area contributed by atoms with Crippen molar-refractivity contribution in [2.45, 2.75) is 79.1 Å². The van der Waals surface area contributed by atoms with Gasteiger partial charge in [-0.2, -0.15) is 0 Å². The Bertz CT molecular complexity index is 1550. The molecule has 2 unspecified atom stereocenters. The Labute approximate surface area is 249 Å². The van der Waals surface area contributed by atoms with Crippen molar-refractivity contribution in [1.82, 2.24) is 0 Å². The number of benzene rings is 2. The first-order chi connectivity index (χ1) is 19.7. The number of allylic oxidation sites excluding steroid dienone is 13. The van der Waals surface area contributed by atoms with E-state index in [0.717, 1.165) is 44.1 Å². The molecule has 3 aliphatic rings. The third-order valence-corrected chi connectivity index (χ3v) is 9.32. The zero-order chi connectivity index (χ0) is 29.3. The van der Waals surface area contributed by atoms with Gasteiger partial charge in [0.15, 0.2) is 0 Å². The topological polar surface area (TPSA) is 0 Å². The second-order valence-corrected chi connectivity index (χ2v) is 12.2. The maximum absolute atomic E-state index is 4.76. The largest absolute Gasteiger partial charge is 0.0955 e. The minimum absolute atomic E-state index is 0.279. The highest BCUT2D eigenvalue weighted by Crippen LogP contribution is 2.55. The van der Waals surface area contributed by atoms with Crippen molar-refractivity contribution in [3.05, 3.63) is 153 Å². The van der Waals surface area contributed by atoms with Gasteiger partial charge in [-0.25, -0.2) is 0 Å². The minimum Gasteiger partial charge on any atom is -0.0955 e. The summed E-state index contributed by atoms with van der Waals surface area (Å²) < 4.78 is 0. The van der Waals surface area contributed by atoms with Crippen LogP contribution in [-0.4, -0.2) is 0 Å². The molecule has 2 atom stereocenters. The lowest BCUT2D eigenvalue weighted by Crippen LogP contribution is -2.21. The first-order valence-electron chi connectivity index (χ1n) is 15.5. The fourth-order valence-electron chi connectivity index (χ4n) is 7.09. The Morgan fingerprint density at radius 2 is 1.68 bits per heavy atom. The maximum Gasteiger partial charge on any atom is 0.0201 e. The van der Waals surface area contributed by atoms with Crippen LogP contribution in [-0.2, 0) is 12.8 Å². The van der Waals surface area contributed by atoms with E-state index in [0.29, 0.717) is 5.92 Å². The van der Waals surface area contributed by atoms with Crippen molar-refractivity contribution in [3.8, 4) is 0 Å². The predicted molar refractivity (Wildman–Crippen MR) is 180 cm³/mol. The van der Waals surface area contributed by atoms with Gasteiger partial charge in [-0.1, -0.05) is 124 Å². The van der Waals surface area contributed by atoms with E-state index in [1.54, 1.807) is 0 Å². The number of rotatable bonds is 9. The molecule has 0 amide bonds. The minimum atomic E-state index is 0.279. The number of aryl methyl sites for hydroxylation is 2. The van der Waals surface area contributed by atoms with Crippen LogP contribution in [0.1, 0.15) is 94.0 Å². The van der Waals surface area contributed by atoms with Gasteiger partial charge in [-0.3, -0.25) is 0 Å². The fraction of sp³-hybridized carbons (Fsp3) is 0.317. The predicted octanol–water partition coefficient (Wildman–Crippen LogP) is 11.5. The summed E-state index contributed by atoms with van der Waals surface area (Å²) in [6, 6.07) is 16.1. The fourth-order valence-corrected chi connectivity index (χ4v) is 7.09. The van der Waals surface area contributed by atoms with E-state index < -0.39 is 0 Å². The highest BCUT2D eigenvalue weighted by Gasteiger charge is 2.41. The standard InChI is InChI=1S/C41H46/c1-9-12-27(6)39-28(7)21-37-24-36(29(8)40(37)41(39)33-16-13-30(10-2)14-17-33)23-31-15-18-35(22-31)38-25-34(26(4)5)20-19-32(38)11-3/h13-21,23,25,40-41H,4,6,8-12,22,24H2,1-3,5,7H3/b36-23+. The molecule has 0 aliphatic heterocycles. The van der Waals surface area contributed by atoms with E-state index in [1.165, 1.54) is 72.4 Å². The lowest BCUT2D eigenvalue weighted by molar-refractivity contribution is 0.619. The Hall–Kier alpha value is -3.64. The van der Waals surface area contributed by atoms with Gasteiger partial charge in [-0.05, 0) is 113 Å². The van der Waals surface area contributed by atoms with E-state index in [1.807, 2.05) is 0 Å². The van der Waals surface area contributed by atoms with Gasteiger partial charge in [-0.15, -0.1) is 0 Å². The van der Waals surface area contributed by atoms with Crippen LogP contribution in [0.4, 0.5) is 0 Å². The quantitative estimate of drug-likeness (QED) is 0.298. The van der Waals surface area contributed by atoms with Gasteiger partial charge in [0.2, 0.25) is 0 Å². The molecule has 0 bridgehead atoms. The summed E-state index contributed by atoms with van der Waals surface area (Å²) in [4.78, 5) is 0. The van der Waals surface area contributed by atoms with Crippen LogP contribution < -0.4 is 0 Å². The first-order valence-corrected chi connectivity index (χ1v) is 15.5. The van der Waals surface area contributed by atoms with Gasteiger partial charge in [0, 0.05) is 11.8 Å². The summed E-state index contributed by atoms with van der Waals surface area (Å²) in [6.07, 6.45) is 15.7. The van der Waals surface area contributed by atoms with Gasteiger partial charge < -0.3 is 0 Å². The normalized spacial score (nSPS) is 21.1. The monoisotopic (exact) mass is 538 g/mol. The highest BCUT2D eigenvalue weighted by molar-refractivity contribution is 5.78. The molecule has 41 heavy (non-hydrogen) atoms. The summed E-state index contributed by atoms with van der Waals surface area (Å²) in [5.74, 6) is 0.580. The number of fused-ring (bicyclic) bond motifs is 1. The molecule has 0 radical (unpaired) electrons. The van der Waals surface area contributed by atoms with Crippen molar-refractivity contribution in [3.63, 3.8) is 0 Å².